The van der Waals surface area contributed by atoms with Gasteiger partial charge in [0.25, 0.3) is 0 Å². The van der Waals surface area contributed by atoms with E-state index in [1.807, 2.05) is 19.1 Å². The molecule has 0 fully saturated rings. The van der Waals surface area contributed by atoms with Crippen molar-refractivity contribution in [2.45, 2.75) is 20.3 Å². The first-order chi connectivity index (χ1) is 7.22. The standard InChI is InChI=1S/C13H18O2/c1-5-7-15-12-8-10(3)13(14-4)11(6-2)9-12/h5,8-9H,1,6-7H2,2-4H3. The van der Waals surface area contributed by atoms with Crippen molar-refractivity contribution >= 4 is 0 Å². The second kappa shape index (κ2) is 5.44. The van der Waals surface area contributed by atoms with Crippen molar-refractivity contribution in [3.05, 3.63) is 35.9 Å². The van der Waals surface area contributed by atoms with Crippen molar-refractivity contribution in [3.63, 3.8) is 0 Å². The van der Waals surface area contributed by atoms with E-state index in [1.165, 1.54) is 5.56 Å². The molecule has 2 heteroatoms. The van der Waals surface area contributed by atoms with Crippen LogP contribution in [0, 0.1) is 6.92 Å². The number of methoxy groups -OCH3 is 1. The number of hydrogen-bond donors (Lipinski definition) is 0. The fourth-order valence-electron chi connectivity index (χ4n) is 1.60. The number of rotatable bonds is 5. The van der Waals surface area contributed by atoms with Crippen molar-refractivity contribution < 1.29 is 9.47 Å². The molecule has 0 aliphatic rings. The van der Waals surface area contributed by atoms with Crippen LogP contribution in [0.15, 0.2) is 24.8 Å². The molecule has 0 N–H and O–H groups in total. The highest BCUT2D eigenvalue weighted by Crippen LogP contribution is 2.29. The van der Waals surface area contributed by atoms with Gasteiger partial charge in [-0.25, -0.2) is 0 Å². The van der Waals surface area contributed by atoms with Crippen molar-refractivity contribution in [2.75, 3.05) is 13.7 Å². The third-order valence-corrected chi connectivity index (χ3v) is 2.28. The summed E-state index contributed by atoms with van der Waals surface area (Å²) >= 11 is 0. The molecular weight excluding hydrogens is 188 g/mol. The summed E-state index contributed by atoms with van der Waals surface area (Å²) < 4.78 is 10.9. The van der Waals surface area contributed by atoms with Crippen molar-refractivity contribution in [2.24, 2.45) is 0 Å². The van der Waals surface area contributed by atoms with Gasteiger partial charge in [0.1, 0.15) is 18.1 Å². The van der Waals surface area contributed by atoms with Gasteiger partial charge in [0.05, 0.1) is 7.11 Å². The highest BCUT2D eigenvalue weighted by atomic mass is 16.5. The van der Waals surface area contributed by atoms with Crippen LogP contribution in [-0.4, -0.2) is 13.7 Å². The Hall–Kier alpha value is -1.44. The maximum absolute atomic E-state index is 5.50. The molecule has 15 heavy (non-hydrogen) atoms. The largest absolute Gasteiger partial charge is 0.496 e. The van der Waals surface area contributed by atoms with E-state index in [2.05, 4.69) is 13.5 Å². The third-order valence-electron chi connectivity index (χ3n) is 2.28. The van der Waals surface area contributed by atoms with Crippen LogP contribution in [0.2, 0.25) is 0 Å². The summed E-state index contributed by atoms with van der Waals surface area (Å²) in [7, 11) is 1.70. The van der Waals surface area contributed by atoms with E-state index >= 15 is 0 Å². The molecule has 0 unspecified atom stereocenters. The first kappa shape index (κ1) is 11.6. The second-order valence-corrected chi connectivity index (χ2v) is 3.39. The van der Waals surface area contributed by atoms with Crippen LogP contribution in [0.5, 0.6) is 11.5 Å². The zero-order chi connectivity index (χ0) is 11.3. The molecule has 2 nitrogen and oxygen atoms in total. The van der Waals surface area contributed by atoms with Crippen LogP contribution >= 0.6 is 0 Å². The lowest BCUT2D eigenvalue weighted by Crippen LogP contribution is -1.98. The van der Waals surface area contributed by atoms with Gasteiger partial charge in [-0.15, -0.1) is 0 Å². The Morgan fingerprint density at radius 2 is 2.13 bits per heavy atom. The van der Waals surface area contributed by atoms with Gasteiger partial charge in [-0.05, 0) is 36.6 Å². The first-order valence-electron chi connectivity index (χ1n) is 5.14. The topological polar surface area (TPSA) is 18.5 Å². The molecule has 1 rings (SSSR count). The monoisotopic (exact) mass is 206 g/mol. The van der Waals surface area contributed by atoms with Crippen molar-refractivity contribution in [1.29, 1.82) is 0 Å². The maximum Gasteiger partial charge on any atom is 0.125 e. The zero-order valence-electron chi connectivity index (χ0n) is 9.67. The Labute approximate surface area is 91.5 Å². The maximum atomic E-state index is 5.50. The van der Waals surface area contributed by atoms with Gasteiger partial charge in [0, 0.05) is 0 Å². The summed E-state index contributed by atoms with van der Waals surface area (Å²) in [6, 6.07) is 4.01. The lowest BCUT2D eigenvalue weighted by atomic mass is 10.1. The van der Waals surface area contributed by atoms with Gasteiger partial charge < -0.3 is 9.47 Å². The minimum Gasteiger partial charge on any atom is -0.496 e. The summed E-state index contributed by atoms with van der Waals surface area (Å²) in [5.74, 6) is 1.84. The van der Waals surface area contributed by atoms with Crippen molar-refractivity contribution in [3.8, 4) is 11.5 Å². The Bertz CT molecular complexity index is 343. The molecule has 0 aliphatic carbocycles. The molecule has 0 amide bonds. The highest BCUT2D eigenvalue weighted by molar-refractivity contribution is 5.46. The molecule has 0 aliphatic heterocycles. The minimum absolute atomic E-state index is 0.537. The van der Waals surface area contributed by atoms with Gasteiger partial charge in [0.2, 0.25) is 0 Å². The molecule has 1 aromatic carbocycles. The van der Waals surface area contributed by atoms with Crippen LogP contribution in [0.1, 0.15) is 18.1 Å². The second-order valence-electron chi connectivity index (χ2n) is 3.39. The van der Waals surface area contributed by atoms with Crippen LogP contribution < -0.4 is 9.47 Å². The summed E-state index contributed by atoms with van der Waals surface area (Å²) in [6.07, 6.45) is 2.68. The Morgan fingerprint density at radius 1 is 1.40 bits per heavy atom. The highest BCUT2D eigenvalue weighted by Gasteiger charge is 2.07. The predicted molar refractivity (Wildman–Crippen MR) is 62.8 cm³/mol. The van der Waals surface area contributed by atoms with Gasteiger partial charge in [-0.1, -0.05) is 19.6 Å². The van der Waals surface area contributed by atoms with Crippen LogP contribution in [-0.2, 0) is 6.42 Å². The molecule has 0 heterocycles. The minimum atomic E-state index is 0.537. The smallest absolute Gasteiger partial charge is 0.125 e. The first-order valence-corrected chi connectivity index (χ1v) is 5.14. The molecule has 1 aromatic rings. The normalized spacial score (nSPS) is 9.80. The summed E-state index contributed by atoms with van der Waals surface area (Å²) in [4.78, 5) is 0. The molecule has 0 spiro atoms. The van der Waals surface area contributed by atoms with E-state index in [1.54, 1.807) is 13.2 Å². The van der Waals surface area contributed by atoms with Crippen LogP contribution in [0.25, 0.3) is 0 Å². The van der Waals surface area contributed by atoms with Gasteiger partial charge in [-0.2, -0.15) is 0 Å². The van der Waals surface area contributed by atoms with E-state index in [0.717, 1.165) is 23.5 Å². The predicted octanol–water partition coefficient (Wildman–Crippen LogP) is 3.13. The SMILES string of the molecule is C=CCOc1cc(C)c(OC)c(CC)c1. The molecule has 0 bridgehead atoms. The van der Waals surface area contributed by atoms with E-state index in [-0.39, 0.29) is 0 Å². The molecule has 0 saturated carbocycles. The van der Waals surface area contributed by atoms with E-state index in [4.69, 9.17) is 9.47 Å². The van der Waals surface area contributed by atoms with E-state index in [9.17, 15) is 0 Å². The molecular formula is C13H18O2. The average molecular weight is 206 g/mol. The van der Waals surface area contributed by atoms with Gasteiger partial charge in [0.15, 0.2) is 0 Å². The lowest BCUT2D eigenvalue weighted by molar-refractivity contribution is 0.359. The van der Waals surface area contributed by atoms with E-state index < -0.39 is 0 Å². The fourth-order valence-corrected chi connectivity index (χ4v) is 1.60. The number of hydrogen-bond acceptors (Lipinski definition) is 2. The third kappa shape index (κ3) is 2.75. The molecule has 0 radical (unpaired) electrons. The zero-order valence-corrected chi connectivity index (χ0v) is 9.67. The van der Waals surface area contributed by atoms with Crippen molar-refractivity contribution in [1.82, 2.24) is 0 Å². The molecule has 0 saturated heterocycles. The summed E-state index contributed by atoms with van der Waals surface area (Å²) in [6.45, 7) is 8.29. The molecule has 0 atom stereocenters. The van der Waals surface area contributed by atoms with E-state index in [0.29, 0.717) is 6.61 Å². The van der Waals surface area contributed by atoms with Gasteiger partial charge in [-0.3, -0.25) is 0 Å². The summed E-state index contributed by atoms with van der Waals surface area (Å²) in [5.41, 5.74) is 2.28. The average Bonchev–Trinajstić information content (AvgIpc) is 2.25. The fraction of sp³-hybridized carbons (Fsp3) is 0.385. The lowest BCUT2D eigenvalue weighted by Gasteiger charge is -2.13. The number of benzene rings is 1. The number of aryl methyl sites for hydroxylation is 2. The Morgan fingerprint density at radius 3 is 2.67 bits per heavy atom. The Balaban J connectivity index is 3.02. The number of ether oxygens (including phenoxy) is 2. The molecule has 82 valence electrons. The summed E-state index contributed by atoms with van der Waals surface area (Å²) in [5, 5.41) is 0. The Kier molecular flexibility index (Phi) is 4.22. The van der Waals surface area contributed by atoms with Crippen LogP contribution in [0.3, 0.4) is 0 Å². The molecule has 0 aromatic heterocycles. The quantitative estimate of drug-likeness (QED) is 0.689. The van der Waals surface area contributed by atoms with Crippen LogP contribution in [0.4, 0.5) is 0 Å². The van der Waals surface area contributed by atoms with Gasteiger partial charge >= 0.3 is 0 Å².